The first kappa shape index (κ1) is 43.9. The summed E-state index contributed by atoms with van der Waals surface area (Å²) in [5.74, 6) is -2.90. The summed E-state index contributed by atoms with van der Waals surface area (Å²) in [7, 11) is 0. The van der Waals surface area contributed by atoms with Gasteiger partial charge in [-0.3, -0.25) is 9.59 Å². The number of ether oxygens (including phenoxy) is 4. The number of rotatable bonds is 4. The number of benzene rings is 2. The molecule has 8 nitrogen and oxygen atoms in total. The topological polar surface area (TPSA) is 95.1 Å². The molecule has 2 aromatic rings. The van der Waals surface area contributed by atoms with Gasteiger partial charge in [0.15, 0.2) is 12.2 Å². The molecule has 1 heterocycles. The van der Waals surface area contributed by atoms with E-state index in [9.17, 15) is 62.3 Å². The molecule has 0 bridgehead atoms. The summed E-state index contributed by atoms with van der Waals surface area (Å²) in [5, 5.41) is 4.01. The van der Waals surface area contributed by atoms with Gasteiger partial charge in [-0.1, -0.05) is 13.2 Å². The third-order valence-electron chi connectivity index (χ3n) is 7.49. The quantitative estimate of drug-likeness (QED) is 0.300. The molecule has 3 rings (SSSR count). The van der Waals surface area contributed by atoms with Gasteiger partial charge in [0, 0.05) is 24.6 Å². The van der Waals surface area contributed by atoms with E-state index >= 15 is 0 Å². The second-order valence-electron chi connectivity index (χ2n) is 11.8. The van der Waals surface area contributed by atoms with E-state index in [0.717, 1.165) is 0 Å². The van der Waals surface area contributed by atoms with Gasteiger partial charge in [-0.2, -0.15) is 52.7 Å². The minimum absolute atomic E-state index is 0.0967. The molecule has 0 spiro atoms. The zero-order chi connectivity index (χ0) is 40.5. The third-order valence-corrected chi connectivity index (χ3v) is 7.49. The lowest BCUT2D eigenvalue weighted by Crippen LogP contribution is -2.34. The molecule has 1 saturated heterocycles. The molecule has 2 amide bonds. The molecule has 2 unspecified atom stereocenters. The van der Waals surface area contributed by atoms with Crippen LogP contribution in [-0.2, 0) is 53.2 Å². The zero-order valence-electron chi connectivity index (χ0n) is 28.1. The first-order chi connectivity index (χ1) is 25.0. The lowest BCUT2D eigenvalue weighted by Gasteiger charge is -2.22. The Bertz CT molecular complexity index is 1450. The van der Waals surface area contributed by atoms with Crippen LogP contribution in [0.15, 0.2) is 61.1 Å². The van der Waals surface area contributed by atoms with Crippen LogP contribution < -0.4 is 10.6 Å². The fourth-order valence-electron chi connectivity index (χ4n) is 4.82. The highest BCUT2D eigenvalue weighted by Gasteiger charge is 2.39. The molecule has 300 valence electrons. The van der Waals surface area contributed by atoms with Crippen LogP contribution in [0.4, 0.5) is 64.1 Å². The summed E-state index contributed by atoms with van der Waals surface area (Å²) in [5.41, 5.74) is -8.20. The maximum absolute atomic E-state index is 13.3. The molecule has 54 heavy (non-hydrogen) atoms. The van der Waals surface area contributed by atoms with Gasteiger partial charge < -0.3 is 29.6 Å². The highest BCUT2D eigenvalue weighted by molar-refractivity contribution is 5.96. The summed E-state index contributed by atoms with van der Waals surface area (Å²) >= 11 is 0. The summed E-state index contributed by atoms with van der Waals surface area (Å²) in [6.45, 7) is 6.67. The van der Waals surface area contributed by atoms with E-state index in [1.807, 2.05) is 10.6 Å². The maximum Gasteiger partial charge on any atom is 0.416 e. The van der Waals surface area contributed by atoms with E-state index in [2.05, 4.69) is 13.2 Å². The van der Waals surface area contributed by atoms with Gasteiger partial charge in [-0.05, 0) is 74.9 Å². The Labute approximate surface area is 300 Å². The maximum atomic E-state index is 13.3. The van der Waals surface area contributed by atoms with Crippen molar-refractivity contribution < 1.29 is 81.2 Å². The summed E-state index contributed by atoms with van der Waals surface area (Å²) < 4.78 is 182. The second kappa shape index (κ2) is 18.2. The molecule has 2 N–H and O–H groups in total. The molecule has 1 aliphatic heterocycles. The Balaban J connectivity index is 1.68. The van der Waals surface area contributed by atoms with Gasteiger partial charge in [0.2, 0.25) is 0 Å². The summed E-state index contributed by atoms with van der Waals surface area (Å²) in [4.78, 5) is 26.1. The first-order valence-corrected chi connectivity index (χ1v) is 16.0. The Morgan fingerprint density at radius 1 is 0.481 bits per heavy atom. The minimum atomic E-state index is -5.16. The molecule has 2 atom stereocenters. The van der Waals surface area contributed by atoms with Crippen LogP contribution in [0.2, 0.25) is 0 Å². The van der Waals surface area contributed by atoms with E-state index in [1.54, 1.807) is 0 Å². The lowest BCUT2D eigenvalue weighted by atomic mass is 10.1. The van der Waals surface area contributed by atoms with Gasteiger partial charge >= 0.3 is 24.7 Å². The number of amides is 2. The molecule has 1 aliphatic rings. The van der Waals surface area contributed by atoms with Gasteiger partial charge in [0.1, 0.15) is 11.5 Å². The summed E-state index contributed by atoms with van der Waals surface area (Å²) in [6, 6.07) is 1.13. The van der Waals surface area contributed by atoms with E-state index in [-0.39, 0.29) is 75.8 Å². The van der Waals surface area contributed by atoms with Crippen LogP contribution >= 0.6 is 0 Å². The van der Waals surface area contributed by atoms with Crippen LogP contribution in [0, 0.1) is 0 Å². The predicted molar refractivity (Wildman–Crippen MR) is 168 cm³/mol. The van der Waals surface area contributed by atoms with E-state index in [1.165, 1.54) is 0 Å². The largest absolute Gasteiger partial charge is 0.495 e. The van der Waals surface area contributed by atoms with Crippen molar-refractivity contribution in [3.63, 3.8) is 0 Å². The molecule has 0 aromatic heterocycles. The van der Waals surface area contributed by atoms with Crippen LogP contribution in [-0.4, -0.2) is 50.4 Å². The monoisotopic (exact) mass is 794 g/mol. The average molecular weight is 795 g/mol. The highest BCUT2D eigenvalue weighted by Crippen LogP contribution is 2.39. The Hall–Kier alpha value is -4.46. The first-order valence-electron chi connectivity index (χ1n) is 16.0. The molecule has 20 heteroatoms. The zero-order valence-corrected chi connectivity index (χ0v) is 28.1. The Kier molecular flexibility index (Phi) is 14.8. The number of halogens is 12. The van der Waals surface area contributed by atoms with Gasteiger partial charge in [-0.25, -0.2) is 0 Å². The van der Waals surface area contributed by atoms with Crippen molar-refractivity contribution in [3.8, 4) is 0 Å². The SMILES string of the molecule is C=C1OCCCCCOC(C(=O)Nc2cc(C(F)(F)F)cc(C(F)(F)F)c2)C(=C)OCCCCCOC1C(=O)Nc1cc(C(F)(F)F)cc(C(F)(F)F)c1. The third kappa shape index (κ3) is 13.4. The van der Waals surface area contributed by atoms with Crippen molar-refractivity contribution in [2.75, 3.05) is 37.1 Å². The van der Waals surface area contributed by atoms with Gasteiger partial charge in [0.25, 0.3) is 11.8 Å². The molecule has 0 saturated carbocycles. The fourth-order valence-corrected chi connectivity index (χ4v) is 4.82. The normalized spacial score (nSPS) is 19.5. The van der Waals surface area contributed by atoms with Crippen LogP contribution in [0.1, 0.15) is 60.8 Å². The Morgan fingerprint density at radius 2 is 0.759 bits per heavy atom. The number of alkyl halides is 12. The number of nitrogens with one attached hydrogen (secondary N) is 2. The van der Waals surface area contributed by atoms with Crippen molar-refractivity contribution in [1.29, 1.82) is 0 Å². The number of hydrogen-bond acceptors (Lipinski definition) is 6. The number of carbonyl (C=O) groups is 2. The Morgan fingerprint density at radius 3 is 1.04 bits per heavy atom. The van der Waals surface area contributed by atoms with Gasteiger partial charge in [0.05, 0.1) is 35.5 Å². The summed E-state index contributed by atoms with van der Waals surface area (Å²) in [6.07, 6.45) is -22.4. The van der Waals surface area contributed by atoms with Crippen LogP contribution in [0.25, 0.3) is 0 Å². The van der Waals surface area contributed by atoms with Crippen molar-refractivity contribution in [2.45, 2.75) is 75.4 Å². The van der Waals surface area contributed by atoms with Crippen molar-refractivity contribution >= 4 is 23.2 Å². The van der Waals surface area contributed by atoms with E-state index < -0.39 is 82.4 Å². The van der Waals surface area contributed by atoms with Crippen molar-refractivity contribution in [2.24, 2.45) is 0 Å². The average Bonchev–Trinajstić information content (AvgIpc) is 3.04. The minimum Gasteiger partial charge on any atom is -0.495 e. The van der Waals surface area contributed by atoms with Crippen LogP contribution in [0.5, 0.6) is 0 Å². The fraction of sp³-hybridized carbons (Fsp3) is 0.471. The molecular formula is C34H34F12N2O6. The van der Waals surface area contributed by atoms with E-state index in [4.69, 9.17) is 18.9 Å². The lowest BCUT2D eigenvalue weighted by molar-refractivity contribution is -0.144. The second-order valence-corrected chi connectivity index (χ2v) is 11.8. The smallest absolute Gasteiger partial charge is 0.416 e. The van der Waals surface area contributed by atoms with Gasteiger partial charge in [-0.15, -0.1) is 0 Å². The molecule has 0 radical (unpaired) electrons. The number of carbonyl (C=O) groups excluding carboxylic acids is 2. The number of hydrogen-bond donors (Lipinski definition) is 2. The van der Waals surface area contributed by atoms with Crippen molar-refractivity contribution in [1.82, 2.24) is 0 Å². The van der Waals surface area contributed by atoms with Crippen LogP contribution in [0.3, 0.4) is 0 Å². The predicted octanol–water partition coefficient (Wildman–Crippen LogP) is 9.52. The molecule has 1 fully saturated rings. The van der Waals surface area contributed by atoms with E-state index in [0.29, 0.717) is 37.1 Å². The van der Waals surface area contributed by atoms with Crippen molar-refractivity contribution in [3.05, 3.63) is 83.3 Å². The molecule has 0 aliphatic carbocycles. The standard InChI is InChI=1S/C34H34F12N2O6/c1-19-27(29(49)47-25-15-21(31(35,36)37)13-22(16-25)32(38,39)40)53-11-7-4-6-10-52-20(2)28(54-12-8-3-5-9-51-19)30(50)48-26-17-23(33(41,42)43)14-24(18-26)34(44,45)46/h13-18,27-28H,1-12H2,(H,47,49)(H,48,50). The molecule has 2 aromatic carbocycles. The number of anilines is 2. The highest BCUT2D eigenvalue weighted by atomic mass is 19.4. The molecular weight excluding hydrogens is 760 g/mol.